The third kappa shape index (κ3) is 2.56. The Kier molecular flexibility index (Phi) is 3.80. The summed E-state index contributed by atoms with van der Waals surface area (Å²) in [7, 11) is 1.78. The Hall–Kier alpha value is -2.43. The Morgan fingerprint density at radius 1 is 1.22 bits per heavy atom. The number of carbonyl (C=O) groups is 2. The van der Waals surface area contributed by atoms with E-state index >= 15 is 0 Å². The fraction of sp³-hybridized carbons (Fsp3) is 0.389. The molecule has 1 aliphatic rings. The lowest BCUT2D eigenvalue weighted by Gasteiger charge is -2.32. The van der Waals surface area contributed by atoms with E-state index in [9.17, 15) is 9.59 Å². The minimum absolute atomic E-state index is 0.331. The molecule has 0 fully saturated rings. The highest BCUT2D eigenvalue weighted by Gasteiger charge is 2.32. The summed E-state index contributed by atoms with van der Waals surface area (Å²) in [6.45, 7) is 6.24. The summed E-state index contributed by atoms with van der Waals surface area (Å²) in [5, 5.41) is 4.24. The van der Waals surface area contributed by atoms with E-state index < -0.39 is 11.7 Å². The van der Waals surface area contributed by atoms with Gasteiger partial charge in [0.1, 0.15) is 0 Å². The first kappa shape index (κ1) is 15.5. The molecule has 1 unspecified atom stereocenters. The summed E-state index contributed by atoms with van der Waals surface area (Å²) < 4.78 is 1.64. The van der Waals surface area contributed by atoms with Crippen molar-refractivity contribution >= 4 is 17.4 Å². The van der Waals surface area contributed by atoms with Crippen LogP contribution in [0.2, 0.25) is 0 Å². The van der Waals surface area contributed by atoms with E-state index in [1.165, 1.54) is 0 Å². The van der Waals surface area contributed by atoms with E-state index in [2.05, 4.69) is 12.0 Å². The Balaban J connectivity index is 1.99. The third-order valence-corrected chi connectivity index (χ3v) is 4.52. The van der Waals surface area contributed by atoms with Crippen LogP contribution in [-0.4, -0.2) is 28.0 Å². The predicted molar refractivity (Wildman–Crippen MR) is 88.7 cm³/mol. The van der Waals surface area contributed by atoms with Crippen molar-refractivity contribution in [1.82, 2.24) is 9.78 Å². The van der Waals surface area contributed by atoms with Crippen molar-refractivity contribution in [2.75, 3.05) is 11.4 Å². The van der Waals surface area contributed by atoms with E-state index in [4.69, 9.17) is 0 Å². The number of para-hydroxylation sites is 1. The first-order chi connectivity index (χ1) is 10.9. The van der Waals surface area contributed by atoms with Gasteiger partial charge in [-0.15, -0.1) is 0 Å². The topological polar surface area (TPSA) is 55.2 Å². The van der Waals surface area contributed by atoms with Crippen molar-refractivity contribution in [2.45, 2.75) is 27.2 Å². The van der Waals surface area contributed by atoms with Gasteiger partial charge in [0.05, 0.1) is 11.3 Å². The maximum Gasteiger partial charge on any atom is 0.299 e. The van der Waals surface area contributed by atoms with Crippen molar-refractivity contribution in [3.05, 3.63) is 46.8 Å². The second-order valence-corrected chi connectivity index (χ2v) is 6.35. The van der Waals surface area contributed by atoms with E-state index in [-0.39, 0.29) is 0 Å². The number of ketones is 1. The summed E-state index contributed by atoms with van der Waals surface area (Å²) in [5.41, 5.74) is 3.71. The summed E-state index contributed by atoms with van der Waals surface area (Å²) in [4.78, 5) is 27.3. The van der Waals surface area contributed by atoms with Gasteiger partial charge in [-0.3, -0.25) is 14.3 Å². The van der Waals surface area contributed by atoms with Gasteiger partial charge in [0.25, 0.3) is 11.7 Å². The van der Waals surface area contributed by atoms with Crippen LogP contribution in [0.25, 0.3) is 0 Å². The van der Waals surface area contributed by atoms with Crippen molar-refractivity contribution in [3.63, 3.8) is 0 Å². The molecule has 2 heterocycles. The Labute approximate surface area is 135 Å². The quantitative estimate of drug-likeness (QED) is 0.632. The molecule has 0 saturated carbocycles. The number of Topliss-reactive ketones (excluding diaryl/α,β-unsaturated/α-hetero) is 1. The first-order valence-corrected chi connectivity index (χ1v) is 7.84. The summed E-state index contributed by atoms with van der Waals surface area (Å²) in [6.07, 6.45) is 0.930. The fourth-order valence-electron chi connectivity index (χ4n) is 3.32. The van der Waals surface area contributed by atoms with Gasteiger partial charge in [-0.25, -0.2) is 0 Å². The molecule has 0 bridgehead atoms. The van der Waals surface area contributed by atoms with Crippen LogP contribution in [0.4, 0.5) is 5.69 Å². The molecule has 0 spiro atoms. The molecule has 1 aromatic heterocycles. The Bertz CT molecular complexity index is 792. The molecule has 0 aliphatic carbocycles. The maximum atomic E-state index is 12.9. The number of fused-ring (bicyclic) bond motifs is 1. The monoisotopic (exact) mass is 311 g/mol. The molecule has 5 heteroatoms. The molecule has 1 aliphatic heterocycles. The normalized spacial score (nSPS) is 17.0. The van der Waals surface area contributed by atoms with Crippen LogP contribution in [-0.2, 0) is 18.3 Å². The largest absolute Gasteiger partial charge is 0.305 e. The highest BCUT2D eigenvalue weighted by atomic mass is 16.2. The van der Waals surface area contributed by atoms with Crippen LogP contribution in [0.5, 0.6) is 0 Å². The number of nitrogens with zero attached hydrogens (tertiary/aromatic N) is 3. The van der Waals surface area contributed by atoms with Crippen molar-refractivity contribution in [3.8, 4) is 0 Å². The molecule has 1 aromatic carbocycles. The van der Waals surface area contributed by atoms with Gasteiger partial charge in [-0.1, -0.05) is 25.1 Å². The Morgan fingerprint density at radius 2 is 1.91 bits per heavy atom. The van der Waals surface area contributed by atoms with Crippen LogP contribution in [0.3, 0.4) is 0 Å². The number of carbonyl (C=O) groups excluding carboxylic acids is 2. The molecule has 1 atom stereocenters. The molecule has 23 heavy (non-hydrogen) atoms. The molecule has 2 aromatic rings. The second-order valence-electron chi connectivity index (χ2n) is 6.35. The zero-order valence-electron chi connectivity index (χ0n) is 14.0. The standard InChI is InChI=1S/C18H21N3O2/c1-11-9-14-7-5-6-8-15(14)21(10-11)18(23)17(22)16-12(2)19-20(4)13(16)3/h5-8,11H,9-10H2,1-4H3. The highest BCUT2D eigenvalue weighted by Crippen LogP contribution is 2.30. The lowest BCUT2D eigenvalue weighted by molar-refractivity contribution is -0.114. The van der Waals surface area contributed by atoms with Gasteiger partial charge in [0, 0.05) is 25.0 Å². The molecule has 3 rings (SSSR count). The molecular weight excluding hydrogens is 290 g/mol. The molecule has 1 amide bonds. The van der Waals surface area contributed by atoms with Crippen LogP contribution in [0, 0.1) is 19.8 Å². The lowest BCUT2D eigenvalue weighted by Crippen LogP contribution is -2.43. The summed E-state index contributed by atoms with van der Waals surface area (Å²) in [5.74, 6) is -0.613. The predicted octanol–water partition coefficient (Wildman–Crippen LogP) is 2.45. The fourth-order valence-corrected chi connectivity index (χ4v) is 3.32. The van der Waals surface area contributed by atoms with Gasteiger partial charge in [-0.05, 0) is 37.8 Å². The minimum atomic E-state index is -0.475. The number of aromatic nitrogens is 2. The zero-order valence-corrected chi connectivity index (χ0v) is 14.0. The van der Waals surface area contributed by atoms with Crippen molar-refractivity contribution < 1.29 is 9.59 Å². The van der Waals surface area contributed by atoms with E-state index in [0.717, 1.165) is 23.4 Å². The van der Waals surface area contributed by atoms with Crippen LogP contribution < -0.4 is 4.90 Å². The molecule has 5 nitrogen and oxygen atoms in total. The number of hydrogen-bond donors (Lipinski definition) is 0. The van der Waals surface area contributed by atoms with E-state index in [1.54, 1.807) is 23.6 Å². The smallest absolute Gasteiger partial charge is 0.299 e. The number of rotatable bonds is 2. The van der Waals surface area contributed by atoms with Gasteiger partial charge in [0.15, 0.2) is 0 Å². The van der Waals surface area contributed by atoms with Gasteiger partial charge >= 0.3 is 0 Å². The number of hydrogen-bond acceptors (Lipinski definition) is 3. The SMILES string of the molecule is Cc1nn(C)c(C)c1C(=O)C(=O)N1CC(C)Cc2ccccc21. The summed E-state index contributed by atoms with van der Waals surface area (Å²) in [6, 6.07) is 7.81. The first-order valence-electron chi connectivity index (χ1n) is 7.84. The van der Waals surface area contributed by atoms with Crippen LogP contribution in [0.1, 0.15) is 34.2 Å². The number of benzene rings is 1. The zero-order chi connectivity index (χ0) is 16.7. The van der Waals surface area contributed by atoms with Crippen LogP contribution in [0.15, 0.2) is 24.3 Å². The van der Waals surface area contributed by atoms with Gasteiger partial charge in [-0.2, -0.15) is 5.10 Å². The number of amides is 1. The van der Waals surface area contributed by atoms with Gasteiger partial charge in [0.2, 0.25) is 0 Å². The maximum absolute atomic E-state index is 12.9. The summed E-state index contributed by atoms with van der Waals surface area (Å²) >= 11 is 0. The molecule has 0 N–H and O–H groups in total. The Morgan fingerprint density at radius 3 is 2.57 bits per heavy atom. The molecule has 0 radical (unpaired) electrons. The number of anilines is 1. The lowest BCUT2D eigenvalue weighted by atomic mass is 9.93. The van der Waals surface area contributed by atoms with Crippen molar-refractivity contribution in [2.24, 2.45) is 13.0 Å². The van der Waals surface area contributed by atoms with Crippen LogP contribution >= 0.6 is 0 Å². The average molecular weight is 311 g/mol. The molecule has 120 valence electrons. The minimum Gasteiger partial charge on any atom is -0.305 e. The second kappa shape index (κ2) is 5.65. The average Bonchev–Trinajstić information content (AvgIpc) is 2.77. The molecule has 0 saturated heterocycles. The van der Waals surface area contributed by atoms with E-state index in [0.29, 0.717) is 23.7 Å². The van der Waals surface area contributed by atoms with E-state index in [1.807, 2.05) is 31.2 Å². The van der Waals surface area contributed by atoms with Crippen molar-refractivity contribution in [1.29, 1.82) is 0 Å². The molecular formula is C18H21N3O2. The van der Waals surface area contributed by atoms with Gasteiger partial charge < -0.3 is 4.90 Å². The third-order valence-electron chi connectivity index (χ3n) is 4.52. The number of aryl methyl sites for hydroxylation is 2. The highest BCUT2D eigenvalue weighted by molar-refractivity contribution is 6.47.